The number of carbonyl (C=O) groups excluding carboxylic acids is 1. The fraction of sp³-hybridized carbons (Fsp3) is 0.435. The minimum Gasteiger partial charge on any atom is -0.312 e. The van der Waals surface area contributed by atoms with Crippen LogP contribution in [0.3, 0.4) is 0 Å². The normalized spacial score (nSPS) is 16.0. The van der Waals surface area contributed by atoms with Crippen LogP contribution in [0.2, 0.25) is 0 Å². The molecular weight excluding hydrogens is 384 g/mol. The molecule has 0 aromatic heterocycles. The fourth-order valence-corrected chi connectivity index (χ4v) is 6.43. The number of hydrogen-bond donors (Lipinski definition) is 1. The maximum atomic E-state index is 13.4. The summed E-state index contributed by atoms with van der Waals surface area (Å²) in [7, 11) is -3.72. The van der Waals surface area contributed by atoms with E-state index in [-0.39, 0.29) is 5.91 Å². The Morgan fingerprint density at radius 2 is 1.38 bits per heavy atom. The van der Waals surface area contributed by atoms with Crippen molar-refractivity contribution in [1.82, 2.24) is 0 Å². The van der Waals surface area contributed by atoms with E-state index in [1.54, 1.807) is 0 Å². The van der Waals surface area contributed by atoms with E-state index < -0.39 is 10.0 Å². The van der Waals surface area contributed by atoms with Crippen LogP contribution in [0, 0.1) is 34.6 Å². The highest BCUT2D eigenvalue weighted by Gasteiger charge is 2.30. The van der Waals surface area contributed by atoms with Gasteiger partial charge in [0, 0.05) is 18.7 Å². The minimum atomic E-state index is -3.72. The second-order valence-electron chi connectivity index (χ2n) is 8.35. The van der Waals surface area contributed by atoms with E-state index >= 15 is 0 Å². The van der Waals surface area contributed by atoms with Crippen molar-refractivity contribution < 1.29 is 13.2 Å². The Morgan fingerprint density at radius 3 is 2.00 bits per heavy atom. The van der Waals surface area contributed by atoms with Crippen LogP contribution in [0.15, 0.2) is 17.0 Å². The summed E-state index contributed by atoms with van der Waals surface area (Å²) in [6.07, 6.45) is 2.91. The predicted octanol–water partition coefficient (Wildman–Crippen LogP) is 4.25. The maximum Gasteiger partial charge on any atom is 0.262 e. The summed E-state index contributed by atoms with van der Waals surface area (Å²) in [4.78, 5) is 14.5. The Hall–Kier alpha value is -2.34. The molecule has 0 saturated carbocycles. The molecule has 0 fully saturated rings. The van der Waals surface area contributed by atoms with Crippen LogP contribution in [0.25, 0.3) is 0 Å². The first kappa shape index (κ1) is 20.0. The summed E-state index contributed by atoms with van der Waals surface area (Å²) in [5.74, 6) is 0.170. The highest BCUT2D eigenvalue weighted by atomic mass is 32.2. The molecular formula is C23H28N2O3S. The summed E-state index contributed by atoms with van der Waals surface area (Å²) in [5.41, 5.74) is 8.49. The largest absolute Gasteiger partial charge is 0.312 e. The zero-order valence-corrected chi connectivity index (χ0v) is 18.6. The molecule has 2 heterocycles. The first-order valence-electron chi connectivity index (χ1n) is 10.2. The van der Waals surface area contributed by atoms with Crippen molar-refractivity contribution >= 4 is 27.3 Å². The number of aryl methyl sites for hydroxylation is 2. The van der Waals surface area contributed by atoms with E-state index in [9.17, 15) is 13.2 Å². The SMILES string of the molecule is Cc1c(C)c(C)c(S(=O)(=O)Nc2cc3c4c(c2)CCC(=O)N4CCC3)c(C)c1C. The van der Waals surface area contributed by atoms with Crippen molar-refractivity contribution in [3.63, 3.8) is 0 Å². The van der Waals surface area contributed by atoms with Crippen molar-refractivity contribution in [2.45, 2.75) is 65.2 Å². The van der Waals surface area contributed by atoms with E-state index in [1.165, 1.54) is 0 Å². The topological polar surface area (TPSA) is 66.5 Å². The third-order valence-electron chi connectivity index (χ3n) is 6.73. The minimum absolute atomic E-state index is 0.170. The van der Waals surface area contributed by atoms with E-state index in [1.807, 2.05) is 51.7 Å². The molecule has 2 aromatic rings. The van der Waals surface area contributed by atoms with Crippen molar-refractivity contribution in [2.24, 2.45) is 0 Å². The van der Waals surface area contributed by atoms with Gasteiger partial charge in [-0.05, 0) is 105 Å². The van der Waals surface area contributed by atoms with Gasteiger partial charge in [0.2, 0.25) is 5.91 Å². The number of sulfonamides is 1. The summed E-state index contributed by atoms with van der Waals surface area (Å²) in [6, 6.07) is 3.80. The molecule has 0 radical (unpaired) electrons. The third kappa shape index (κ3) is 3.14. The first-order valence-corrected chi connectivity index (χ1v) is 11.7. The number of amides is 1. The molecule has 1 amide bonds. The van der Waals surface area contributed by atoms with Crippen LogP contribution < -0.4 is 9.62 Å². The monoisotopic (exact) mass is 412 g/mol. The number of rotatable bonds is 3. The van der Waals surface area contributed by atoms with Crippen molar-refractivity contribution in [1.29, 1.82) is 0 Å². The number of nitrogens with one attached hydrogen (secondary N) is 1. The summed E-state index contributed by atoms with van der Waals surface area (Å²) >= 11 is 0. The standard InChI is InChI=1S/C23H28N2O3S/c1-13-14(2)16(4)23(17(5)15(13)3)29(27,28)24-20-11-18-7-6-10-25-21(26)9-8-19(12-20)22(18)25/h11-12,24H,6-10H2,1-5H3. The lowest BCUT2D eigenvalue weighted by molar-refractivity contribution is -0.119. The smallest absolute Gasteiger partial charge is 0.262 e. The molecule has 5 nitrogen and oxygen atoms in total. The molecule has 2 aliphatic heterocycles. The molecule has 0 atom stereocenters. The average Bonchev–Trinajstić information content (AvgIpc) is 2.67. The Bertz CT molecular complexity index is 1100. The lowest BCUT2D eigenvalue weighted by Crippen LogP contribution is -2.39. The number of carbonyl (C=O) groups is 1. The molecule has 0 bridgehead atoms. The van der Waals surface area contributed by atoms with Gasteiger partial charge in [-0.25, -0.2) is 8.42 Å². The Labute approximate surface area is 173 Å². The van der Waals surface area contributed by atoms with E-state index in [0.29, 0.717) is 23.4 Å². The van der Waals surface area contributed by atoms with Crippen LogP contribution >= 0.6 is 0 Å². The van der Waals surface area contributed by atoms with Crippen molar-refractivity contribution in [3.8, 4) is 0 Å². The van der Waals surface area contributed by atoms with Gasteiger partial charge in [0.15, 0.2) is 0 Å². The van der Waals surface area contributed by atoms with Gasteiger partial charge in [0.05, 0.1) is 10.6 Å². The molecule has 2 aromatic carbocycles. The second kappa shape index (κ2) is 6.87. The zero-order chi connectivity index (χ0) is 21.1. The van der Waals surface area contributed by atoms with Crippen LogP contribution in [0.5, 0.6) is 0 Å². The van der Waals surface area contributed by atoms with Gasteiger partial charge < -0.3 is 4.90 Å². The van der Waals surface area contributed by atoms with E-state index in [4.69, 9.17) is 0 Å². The second-order valence-corrected chi connectivity index (χ2v) is 9.97. The van der Waals surface area contributed by atoms with Crippen molar-refractivity contribution in [3.05, 3.63) is 51.1 Å². The molecule has 154 valence electrons. The molecule has 0 saturated heterocycles. The number of benzene rings is 2. The maximum absolute atomic E-state index is 13.4. The summed E-state index contributed by atoms with van der Waals surface area (Å²) in [5, 5.41) is 0. The highest BCUT2D eigenvalue weighted by Crippen LogP contribution is 2.39. The van der Waals surface area contributed by atoms with Crippen LogP contribution in [0.4, 0.5) is 11.4 Å². The van der Waals surface area contributed by atoms with Gasteiger partial charge in [-0.1, -0.05) is 0 Å². The van der Waals surface area contributed by atoms with E-state index in [0.717, 1.165) is 64.0 Å². The van der Waals surface area contributed by atoms with Crippen LogP contribution in [-0.2, 0) is 27.7 Å². The third-order valence-corrected chi connectivity index (χ3v) is 8.38. The quantitative estimate of drug-likeness (QED) is 0.819. The highest BCUT2D eigenvalue weighted by molar-refractivity contribution is 7.92. The Morgan fingerprint density at radius 1 is 0.828 bits per heavy atom. The van der Waals surface area contributed by atoms with Gasteiger partial charge in [-0.3, -0.25) is 9.52 Å². The molecule has 29 heavy (non-hydrogen) atoms. The number of hydrogen-bond acceptors (Lipinski definition) is 3. The van der Waals surface area contributed by atoms with Gasteiger partial charge in [-0.2, -0.15) is 0 Å². The van der Waals surface area contributed by atoms with Gasteiger partial charge in [0.25, 0.3) is 10.0 Å². The molecule has 6 heteroatoms. The molecule has 4 rings (SSSR count). The Kier molecular flexibility index (Phi) is 4.73. The lowest BCUT2D eigenvalue weighted by atomic mass is 9.91. The van der Waals surface area contributed by atoms with Gasteiger partial charge >= 0.3 is 0 Å². The molecule has 2 aliphatic rings. The van der Waals surface area contributed by atoms with Crippen LogP contribution in [-0.4, -0.2) is 20.9 Å². The Balaban J connectivity index is 1.79. The average molecular weight is 413 g/mol. The summed E-state index contributed by atoms with van der Waals surface area (Å²) in [6.45, 7) is 10.5. The lowest BCUT2D eigenvalue weighted by Gasteiger charge is -2.35. The summed E-state index contributed by atoms with van der Waals surface area (Å²) < 4.78 is 29.6. The van der Waals surface area contributed by atoms with E-state index in [2.05, 4.69) is 4.72 Å². The zero-order valence-electron chi connectivity index (χ0n) is 17.8. The predicted molar refractivity (Wildman–Crippen MR) is 116 cm³/mol. The molecule has 1 N–H and O–H groups in total. The molecule has 0 unspecified atom stereocenters. The molecule has 0 spiro atoms. The van der Waals surface area contributed by atoms with Gasteiger partial charge in [0.1, 0.15) is 0 Å². The van der Waals surface area contributed by atoms with Gasteiger partial charge in [-0.15, -0.1) is 0 Å². The fourth-order valence-electron chi connectivity index (χ4n) is 4.79. The molecule has 0 aliphatic carbocycles. The number of anilines is 2. The van der Waals surface area contributed by atoms with Crippen molar-refractivity contribution in [2.75, 3.05) is 16.2 Å². The van der Waals surface area contributed by atoms with Crippen LogP contribution in [0.1, 0.15) is 51.8 Å². The number of nitrogens with zero attached hydrogens (tertiary/aromatic N) is 1. The first-order chi connectivity index (χ1) is 13.6.